The van der Waals surface area contributed by atoms with E-state index in [1.807, 2.05) is 19.9 Å². The molecule has 0 aliphatic rings. The van der Waals surface area contributed by atoms with E-state index >= 15 is 0 Å². The van der Waals surface area contributed by atoms with Gasteiger partial charge >= 0.3 is 0 Å². The van der Waals surface area contributed by atoms with Crippen molar-refractivity contribution in [2.45, 2.75) is 34.1 Å². The van der Waals surface area contributed by atoms with Crippen LogP contribution in [0.5, 0.6) is 5.75 Å². The molecule has 0 fully saturated rings. The molecule has 0 aliphatic carbocycles. The number of thiol groups is 5. The molecular weight excluding hydrogens is 657 g/mol. The van der Waals surface area contributed by atoms with E-state index in [9.17, 15) is 4.39 Å². The Bertz CT molecular complexity index is 1440. The normalized spacial score (nSPS) is 13.1. The van der Waals surface area contributed by atoms with Gasteiger partial charge in [-0.05, 0) is 54.0 Å². The van der Waals surface area contributed by atoms with Crippen LogP contribution >= 0.6 is 90.7 Å². The summed E-state index contributed by atoms with van der Waals surface area (Å²) in [5, 5.41) is 9.08. The Labute approximate surface area is 254 Å². The fraction of sp³-hybridized carbons (Fsp3) is 0.261. The van der Waals surface area contributed by atoms with Crippen molar-refractivity contribution < 1.29 is 9.13 Å². The maximum atomic E-state index is 14.4. The number of pyridine rings is 1. The van der Waals surface area contributed by atoms with E-state index in [2.05, 4.69) is 94.3 Å². The molecule has 0 unspecified atom stereocenters. The lowest BCUT2D eigenvalue weighted by Crippen LogP contribution is -2.36. The summed E-state index contributed by atoms with van der Waals surface area (Å²) in [6, 6.07) is 8.08. The molecular formula is C23H22BrClFN5OS5. The van der Waals surface area contributed by atoms with Gasteiger partial charge in [0.1, 0.15) is 21.1 Å². The van der Waals surface area contributed by atoms with E-state index in [-0.39, 0.29) is 11.0 Å². The number of hydrogen-bond donors (Lipinski definition) is 5. The molecule has 6 nitrogen and oxygen atoms in total. The average molecular weight is 679 g/mol. The maximum absolute atomic E-state index is 14.4. The van der Waals surface area contributed by atoms with Crippen LogP contribution in [-0.4, -0.2) is 28.0 Å². The number of ether oxygens (including phenoxy) is 1. The number of halogens is 3. The van der Waals surface area contributed by atoms with Crippen molar-refractivity contribution in [1.29, 1.82) is 0 Å². The Morgan fingerprint density at radius 1 is 1.14 bits per heavy atom. The van der Waals surface area contributed by atoms with E-state index in [0.717, 1.165) is 21.3 Å². The quantitative estimate of drug-likeness (QED) is 0.102. The van der Waals surface area contributed by atoms with Gasteiger partial charge in [0, 0.05) is 39.6 Å². The van der Waals surface area contributed by atoms with Gasteiger partial charge in [0.25, 0.3) is 0 Å². The predicted molar refractivity (Wildman–Crippen MR) is 165 cm³/mol. The van der Waals surface area contributed by atoms with E-state index in [0.29, 0.717) is 23.6 Å². The van der Waals surface area contributed by atoms with E-state index in [4.69, 9.17) is 16.3 Å². The summed E-state index contributed by atoms with van der Waals surface area (Å²) in [6.07, 6.45) is 4.59. The molecule has 4 aromatic rings. The highest BCUT2D eigenvalue weighted by atomic mass is 79.9. The first-order valence-corrected chi connectivity index (χ1v) is 14.1. The number of aryl methyl sites for hydroxylation is 1. The van der Waals surface area contributed by atoms with Crippen LogP contribution in [0.1, 0.15) is 29.8 Å². The van der Waals surface area contributed by atoms with Gasteiger partial charge in [0.15, 0.2) is 9.36 Å². The van der Waals surface area contributed by atoms with Gasteiger partial charge in [-0.2, -0.15) is 10.2 Å². The molecule has 0 saturated carbocycles. The van der Waals surface area contributed by atoms with Crippen molar-refractivity contribution >= 4 is 90.7 Å². The second kappa shape index (κ2) is 11.3. The zero-order valence-corrected chi connectivity index (χ0v) is 26.2. The monoisotopic (exact) mass is 677 g/mol. The van der Waals surface area contributed by atoms with Crippen LogP contribution in [0, 0.1) is 12.7 Å². The second-order valence-electron chi connectivity index (χ2n) is 8.30. The maximum Gasteiger partial charge on any atom is 0.180 e. The highest BCUT2D eigenvalue weighted by Crippen LogP contribution is 2.47. The van der Waals surface area contributed by atoms with Crippen LogP contribution < -0.4 is 4.74 Å². The van der Waals surface area contributed by atoms with Crippen LogP contribution in [0.2, 0.25) is 5.15 Å². The first kappa shape index (κ1) is 29.0. The van der Waals surface area contributed by atoms with Gasteiger partial charge in [-0.1, -0.05) is 11.6 Å². The number of nitrogens with zero attached hydrogens (tertiary/aromatic N) is 5. The molecule has 0 saturated heterocycles. The molecule has 0 N–H and O–H groups in total. The zero-order chi connectivity index (χ0) is 27.1. The average Bonchev–Trinajstić information content (AvgIpc) is 3.42. The molecule has 14 heteroatoms. The Morgan fingerprint density at radius 2 is 1.86 bits per heavy atom. The Balaban J connectivity index is 1.69. The van der Waals surface area contributed by atoms with Crippen LogP contribution in [0.25, 0.3) is 11.3 Å². The summed E-state index contributed by atoms with van der Waals surface area (Å²) in [5.74, 6) is 0.205. The molecule has 0 bridgehead atoms. The SMILES string of the molecule is Cc1ncc(Br)cc1O[C@H](C)c1cc(F)ccc1-c1cc(Cl)nn1Cc1cnn(C(S)(S)C(S)(S)S)c1. The summed E-state index contributed by atoms with van der Waals surface area (Å²) < 4.78 is 22.2. The lowest BCUT2D eigenvalue weighted by molar-refractivity contribution is 0.224. The third-order valence-corrected chi connectivity index (χ3v) is 9.25. The van der Waals surface area contributed by atoms with E-state index in [1.54, 1.807) is 35.4 Å². The molecule has 1 atom stereocenters. The predicted octanol–water partition coefficient (Wildman–Crippen LogP) is 7.11. The summed E-state index contributed by atoms with van der Waals surface area (Å²) in [4.78, 5) is 4.31. The summed E-state index contributed by atoms with van der Waals surface area (Å²) >= 11 is 31.8. The van der Waals surface area contributed by atoms with Gasteiger partial charge in [0.2, 0.25) is 0 Å². The minimum absolute atomic E-state index is 0.288. The Kier molecular flexibility index (Phi) is 8.84. The largest absolute Gasteiger partial charge is 0.484 e. The van der Waals surface area contributed by atoms with Gasteiger partial charge in [-0.25, -0.2) is 9.07 Å². The molecule has 0 amide bonds. The molecule has 196 valence electrons. The molecule has 0 spiro atoms. The molecule has 1 aromatic carbocycles. The standard InChI is InChI=1S/C23H22BrClFN5OS5/c1-12-20(5-15(24)9-27-12)32-13(2)18-6-16(26)3-4-17(18)19-7-21(25)29-30(19)10-14-8-28-31(11-14)22(33,34)23(35,36)37/h3-9,11,13,33-37H,10H2,1-2H3/t13-/m1/s1. The second-order valence-corrected chi connectivity index (χ2v) is 14.3. The van der Waals surface area contributed by atoms with E-state index < -0.39 is 13.7 Å². The molecule has 37 heavy (non-hydrogen) atoms. The van der Waals surface area contributed by atoms with Crippen LogP contribution in [0.4, 0.5) is 4.39 Å². The first-order chi connectivity index (χ1) is 17.3. The molecule has 3 heterocycles. The van der Waals surface area contributed by atoms with Crippen molar-refractivity contribution in [3.05, 3.63) is 81.2 Å². The van der Waals surface area contributed by atoms with Crippen molar-refractivity contribution in [2.24, 2.45) is 0 Å². The van der Waals surface area contributed by atoms with Gasteiger partial charge in [-0.3, -0.25) is 9.67 Å². The van der Waals surface area contributed by atoms with Gasteiger partial charge in [0.05, 0.1) is 24.1 Å². The zero-order valence-electron chi connectivity index (χ0n) is 19.4. The minimum Gasteiger partial charge on any atom is -0.484 e. The van der Waals surface area contributed by atoms with Crippen molar-refractivity contribution in [2.75, 3.05) is 0 Å². The van der Waals surface area contributed by atoms with Crippen LogP contribution in [0.15, 0.2) is 53.4 Å². The number of aromatic nitrogens is 5. The number of benzene rings is 1. The molecule has 3 aromatic heterocycles. The van der Waals surface area contributed by atoms with Gasteiger partial charge in [-0.15, -0.1) is 63.1 Å². The van der Waals surface area contributed by atoms with Crippen molar-refractivity contribution in [3.8, 4) is 17.0 Å². The van der Waals surface area contributed by atoms with Crippen LogP contribution in [0.3, 0.4) is 0 Å². The summed E-state index contributed by atoms with van der Waals surface area (Å²) in [6.45, 7) is 4.02. The topological polar surface area (TPSA) is 57.8 Å². The van der Waals surface area contributed by atoms with Crippen molar-refractivity contribution in [1.82, 2.24) is 24.5 Å². The number of hydrogen-bond acceptors (Lipinski definition) is 9. The van der Waals surface area contributed by atoms with Crippen molar-refractivity contribution in [3.63, 3.8) is 0 Å². The molecule has 0 aliphatic heterocycles. The third kappa shape index (κ3) is 6.44. The Hall–Kier alpha value is -0.960. The number of rotatable bonds is 8. The summed E-state index contributed by atoms with van der Waals surface area (Å²) in [7, 11) is 0. The smallest absolute Gasteiger partial charge is 0.180 e. The lowest BCUT2D eigenvalue weighted by atomic mass is 10.00. The molecule has 4 rings (SSSR count). The molecule has 0 radical (unpaired) electrons. The minimum atomic E-state index is -1.21. The summed E-state index contributed by atoms with van der Waals surface area (Å²) in [5.41, 5.74) is 3.54. The highest BCUT2D eigenvalue weighted by Gasteiger charge is 2.41. The highest BCUT2D eigenvalue weighted by molar-refractivity contribution is 9.10. The van der Waals surface area contributed by atoms with Gasteiger partial charge < -0.3 is 4.74 Å². The fourth-order valence-corrected chi connectivity index (χ4v) is 4.66. The Morgan fingerprint density at radius 3 is 2.57 bits per heavy atom. The lowest BCUT2D eigenvalue weighted by Gasteiger charge is -2.33. The van der Waals surface area contributed by atoms with E-state index in [1.165, 1.54) is 16.8 Å². The third-order valence-electron chi connectivity index (χ3n) is 5.53. The van der Waals surface area contributed by atoms with Crippen LogP contribution in [-0.2, 0) is 10.7 Å². The first-order valence-electron chi connectivity index (χ1n) is 10.7. The fourth-order valence-electron chi connectivity index (χ4n) is 3.63.